The molecule has 18 heavy (non-hydrogen) atoms. The summed E-state index contributed by atoms with van der Waals surface area (Å²) in [6, 6.07) is 6.24. The summed E-state index contributed by atoms with van der Waals surface area (Å²) in [4.78, 5) is 12.4. The topological polar surface area (TPSA) is 49.3 Å². The number of rotatable bonds is 8. The van der Waals surface area contributed by atoms with Crippen LogP contribution >= 0.6 is 11.8 Å². The molecule has 1 aromatic rings. The molecule has 0 atom stereocenters. The smallest absolute Gasteiger partial charge is 0.220 e. The number of unbranched alkanes of at least 4 members (excludes halogenated alkanes) is 1. The zero-order valence-electron chi connectivity index (χ0n) is 10.2. The average molecular weight is 271 g/mol. The van der Waals surface area contributed by atoms with E-state index in [1.165, 1.54) is 23.9 Å². The first-order valence-corrected chi connectivity index (χ1v) is 6.97. The predicted octanol–water partition coefficient (Wildman–Crippen LogP) is 2.20. The minimum Gasteiger partial charge on any atom is -0.396 e. The van der Waals surface area contributed by atoms with Crippen LogP contribution in [-0.4, -0.2) is 29.9 Å². The van der Waals surface area contributed by atoms with Gasteiger partial charge in [0, 0.05) is 30.2 Å². The lowest BCUT2D eigenvalue weighted by Crippen LogP contribution is -2.24. The van der Waals surface area contributed by atoms with Gasteiger partial charge in [0.25, 0.3) is 0 Å². The van der Waals surface area contributed by atoms with Crippen LogP contribution in [0.3, 0.4) is 0 Å². The van der Waals surface area contributed by atoms with E-state index in [4.69, 9.17) is 5.11 Å². The van der Waals surface area contributed by atoms with Crippen molar-refractivity contribution in [2.24, 2.45) is 0 Å². The number of nitrogens with one attached hydrogen (secondary N) is 1. The number of halogens is 1. The van der Waals surface area contributed by atoms with Crippen LogP contribution in [0.2, 0.25) is 0 Å². The molecule has 0 aliphatic heterocycles. The van der Waals surface area contributed by atoms with Gasteiger partial charge in [0.15, 0.2) is 0 Å². The number of amides is 1. The van der Waals surface area contributed by atoms with E-state index in [0.29, 0.717) is 25.1 Å². The highest BCUT2D eigenvalue weighted by molar-refractivity contribution is 7.99. The molecule has 0 radical (unpaired) electrons. The maximum atomic E-state index is 12.6. The standard InChI is InChI=1S/C13H18FNO2S/c14-11-3-5-12(6-4-11)18-10-7-13(17)15-8-1-2-9-16/h3-6,16H,1-2,7-10H2,(H,15,17). The van der Waals surface area contributed by atoms with E-state index in [-0.39, 0.29) is 18.3 Å². The summed E-state index contributed by atoms with van der Waals surface area (Å²) in [6.07, 6.45) is 1.96. The van der Waals surface area contributed by atoms with Crippen molar-refractivity contribution in [1.29, 1.82) is 0 Å². The van der Waals surface area contributed by atoms with E-state index < -0.39 is 0 Å². The van der Waals surface area contributed by atoms with Crippen molar-refractivity contribution in [1.82, 2.24) is 5.32 Å². The molecule has 0 spiro atoms. The van der Waals surface area contributed by atoms with Crippen LogP contribution in [0, 0.1) is 5.82 Å². The lowest BCUT2D eigenvalue weighted by molar-refractivity contribution is -0.120. The molecule has 2 N–H and O–H groups in total. The third-order valence-electron chi connectivity index (χ3n) is 2.32. The van der Waals surface area contributed by atoms with Gasteiger partial charge in [0.2, 0.25) is 5.91 Å². The molecule has 0 fully saturated rings. The zero-order chi connectivity index (χ0) is 13.2. The number of carbonyl (C=O) groups is 1. The van der Waals surface area contributed by atoms with Crippen LogP contribution in [0.4, 0.5) is 4.39 Å². The van der Waals surface area contributed by atoms with Crippen LogP contribution in [0.15, 0.2) is 29.2 Å². The fourth-order valence-electron chi connectivity index (χ4n) is 1.35. The van der Waals surface area contributed by atoms with Gasteiger partial charge in [-0.2, -0.15) is 0 Å². The van der Waals surface area contributed by atoms with Crippen molar-refractivity contribution >= 4 is 17.7 Å². The van der Waals surface area contributed by atoms with Crippen molar-refractivity contribution < 1.29 is 14.3 Å². The van der Waals surface area contributed by atoms with E-state index in [1.807, 2.05) is 0 Å². The zero-order valence-corrected chi connectivity index (χ0v) is 11.0. The number of carbonyl (C=O) groups excluding carboxylic acids is 1. The molecule has 1 amide bonds. The number of aliphatic hydroxyl groups excluding tert-OH is 1. The van der Waals surface area contributed by atoms with Gasteiger partial charge in [-0.3, -0.25) is 4.79 Å². The third kappa shape index (κ3) is 6.61. The summed E-state index contributed by atoms with van der Waals surface area (Å²) < 4.78 is 12.6. The summed E-state index contributed by atoms with van der Waals surface area (Å²) >= 11 is 1.53. The molecular formula is C13H18FNO2S. The van der Waals surface area contributed by atoms with Gasteiger partial charge in [0.05, 0.1) is 0 Å². The molecule has 1 rings (SSSR count). The van der Waals surface area contributed by atoms with Crippen LogP contribution in [0.5, 0.6) is 0 Å². The van der Waals surface area contributed by atoms with Crippen LogP contribution < -0.4 is 5.32 Å². The van der Waals surface area contributed by atoms with Crippen molar-refractivity contribution in [2.45, 2.75) is 24.2 Å². The molecule has 3 nitrogen and oxygen atoms in total. The molecule has 0 bridgehead atoms. The highest BCUT2D eigenvalue weighted by Crippen LogP contribution is 2.18. The Kier molecular flexibility index (Phi) is 7.44. The molecule has 1 aromatic carbocycles. The van der Waals surface area contributed by atoms with Gasteiger partial charge in [0.1, 0.15) is 5.82 Å². The lowest BCUT2D eigenvalue weighted by Gasteiger charge is -2.04. The summed E-state index contributed by atoms with van der Waals surface area (Å²) in [6.45, 7) is 0.775. The molecule has 0 aromatic heterocycles. The van der Waals surface area contributed by atoms with E-state index in [0.717, 1.165) is 11.3 Å². The first-order valence-electron chi connectivity index (χ1n) is 5.98. The molecule has 0 saturated heterocycles. The van der Waals surface area contributed by atoms with Gasteiger partial charge in [-0.1, -0.05) is 0 Å². The fourth-order valence-corrected chi connectivity index (χ4v) is 2.20. The second-order valence-corrected chi connectivity index (χ2v) is 5.00. The first kappa shape index (κ1) is 15.0. The molecule has 0 aliphatic carbocycles. The van der Waals surface area contributed by atoms with Gasteiger partial charge >= 0.3 is 0 Å². The van der Waals surface area contributed by atoms with Crippen LogP contribution in [0.25, 0.3) is 0 Å². The van der Waals surface area contributed by atoms with E-state index >= 15 is 0 Å². The Labute approximate surface area is 111 Å². The molecular weight excluding hydrogens is 253 g/mol. The highest BCUT2D eigenvalue weighted by atomic mass is 32.2. The van der Waals surface area contributed by atoms with Gasteiger partial charge in [-0.25, -0.2) is 4.39 Å². The summed E-state index contributed by atoms with van der Waals surface area (Å²) in [5.74, 6) is 0.445. The Morgan fingerprint density at radius 2 is 2.00 bits per heavy atom. The quantitative estimate of drug-likeness (QED) is 0.563. The molecule has 5 heteroatoms. The molecule has 0 unspecified atom stereocenters. The first-order chi connectivity index (χ1) is 8.72. The van der Waals surface area contributed by atoms with Crippen LogP contribution in [0.1, 0.15) is 19.3 Å². The molecule has 0 heterocycles. The largest absolute Gasteiger partial charge is 0.396 e. The number of hydrogen-bond acceptors (Lipinski definition) is 3. The van der Waals surface area contributed by atoms with Gasteiger partial charge in [-0.15, -0.1) is 11.8 Å². The van der Waals surface area contributed by atoms with Crippen molar-refractivity contribution in [3.05, 3.63) is 30.1 Å². The molecule has 100 valence electrons. The van der Waals surface area contributed by atoms with Gasteiger partial charge in [-0.05, 0) is 37.1 Å². The monoisotopic (exact) mass is 271 g/mol. The van der Waals surface area contributed by atoms with Crippen molar-refractivity contribution in [3.8, 4) is 0 Å². The van der Waals surface area contributed by atoms with E-state index in [2.05, 4.69) is 5.32 Å². The molecule has 0 saturated carbocycles. The SMILES string of the molecule is O=C(CCSc1ccc(F)cc1)NCCCCO. The van der Waals surface area contributed by atoms with Gasteiger partial charge < -0.3 is 10.4 Å². The second kappa shape index (κ2) is 8.94. The van der Waals surface area contributed by atoms with E-state index in [1.54, 1.807) is 12.1 Å². The summed E-state index contributed by atoms with van der Waals surface area (Å²) in [5.41, 5.74) is 0. The van der Waals surface area contributed by atoms with Crippen LogP contribution in [-0.2, 0) is 4.79 Å². The minimum atomic E-state index is -0.249. The number of benzene rings is 1. The Morgan fingerprint density at radius 3 is 2.67 bits per heavy atom. The Balaban J connectivity index is 2.10. The minimum absolute atomic E-state index is 0.0163. The Bertz CT molecular complexity index is 357. The third-order valence-corrected chi connectivity index (χ3v) is 3.33. The Morgan fingerprint density at radius 1 is 1.28 bits per heavy atom. The Hall–Kier alpha value is -1.07. The number of hydrogen-bond donors (Lipinski definition) is 2. The number of thioether (sulfide) groups is 1. The maximum absolute atomic E-state index is 12.6. The van der Waals surface area contributed by atoms with Crippen molar-refractivity contribution in [3.63, 3.8) is 0 Å². The predicted molar refractivity (Wildman–Crippen MR) is 71.1 cm³/mol. The normalized spacial score (nSPS) is 10.3. The lowest BCUT2D eigenvalue weighted by atomic mass is 10.3. The fraction of sp³-hybridized carbons (Fsp3) is 0.462. The van der Waals surface area contributed by atoms with E-state index in [9.17, 15) is 9.18 Å². The summed E-state index contributed by atoms with van der Waals surface area (Å²) in [5, 5.41) is 11.4. The number of aliphatic hydroxyl groups is 1. The highest BCUT2D eigenvalue weighted by Gasteiger charge is 2.01. The average Bonchev–Trinajstić information content (AvgIpc) is 2.37. The summed E-state index contributed by atoms with van der Waals surface area (Å²) in [7, 11) is 0. The maximum Gasteiger partial charge on any atom is 0.220 e. The second-order valence-electron chi connectivity index (χ2n) is 3.83. The van der Waals surface area contributed by atoms with Crippen molar-refractivity contribution in [2.75, 3.05) is 18.9 Å². The molecule has 0 aliphatic rings.